The summed E-state index contributed by atoms with van der Waals surface area (Å²) >= 11 is 15.1. The number of hydrogen-bond acceptors (Lipinski definition) is 8. The molecule has 3 aromatic rings. The Morgan fingerprint density at radius 2 is 2.04 bits per heavy atom. The number of benzene rings is 1. The number of nitrogen functional groups attached to an aromatic ring is 1. The quantitative estimate of drug-likeness (QED) is 0.320. The molecule has 0 saturated heterocycles. The molecule has 0 fully saturated rings. The number of rotatable bonds is 8. The summed E-state index contributed by atoms with van der Waals surface area (Å²) in [4.78, 5) is 13.5. The predicted molar refractivity (Wildman–Crippen MR) is 120 cm³/mol. The van der Waals surface area contributed by atoms with Crippen LogP contribution in [0.5, 0.6) is 0 Å². The fourth-order valence-corrected chi connectivity index (χ4v) is 4.75. The van der Waals surface area contributed by atoms with Crippen LogP contribution in [0.4, 0.5) is 10.9 Å². The number of thiazole rings is 1. The van der Waals surface area contributed by atoms with Gasteiger partial charge in [0.2, 0.25) is 0 Å². The lowest BCUT2D eigenvalue weighted by molar-refractivity contribution is 0.259. The lowest BCUT2D eigenvalue weighted by Crippen LogP contribution is -2.26. The first-order valence-corrected chi connectivity index (χ1v) is 11.3. The van der Waals surface area contributed by atoms with Gasteiger partial charge in [-0.15, -0.1) is 0 Å². The fourth-order valence-electron chi connectivity index (χ4n) is 2.73. The lowest BCUT2D eigenvalue weighted by Gasteiger charge is -2.19. The van der Waals surface area contributed by atoms with Crippen molar-refractivity contribution in [2.75, 3.05) is 17.7 Å². The van der Waals surface area contributed by atoms with Gasteiger partial charge >= 0.3 is 0 Å². The third kappa shape index (κ3) is 5.18. The predicted octanol–water partition coefficient (Wildman–Crippen LogP) is 5.09. The standard InChI is InChI=1S/C18H21Cl2N5OS2/c1-9(2)6-11(7-26)22-15-14-16(23-17(21)28-14)25-18(24-15)27-8-10-4-3-5-12(19)13(10)20/h3-5,9,11,26H,6-8H2,1-2H3,(H3,21,22,23,24,25). The first kappa shape index (κ1) is 21.4. The molecule has 10 heteroatoms. The summed E-state index contributed by atoms with van der Waals surface area (Å²) in [7, 11) is 0. The summed E-state index contributed by atoms with van der Waals surface area (Å²) in [6, 6.07) is 5.43. The van der Waals surface area contributed by atoms with E-state index in [2.05, 4.69) is 34.1 Å². The van der Waals surface area contributed by atoms with Crippen molar-refractivity contribution < 1.29 is 5.11 Å². The van der Waals surface area contributed by atoms with Crippen LogP contribution < -0.4 is 11.1 Å². The third-order valence-electron chi connectivity index (χ3n) is 3.96. The van der Waals surface area contributed by atoms with E-state index in [9.17, 15) is 5.11 Å². The molecule has 0 spiro atoms. The number of fused-ring (bicyclic) bond motifs is 1. The highest BCUT2D eigenvalue weighted by Gasteiger charge is 2.17. The van der Waals surface area contributed by atoms with Crippen molar-refractivity contribution in [2.24, 2.45) is 5.92 Å². The van der Waals surface area contributed by atoms with E-state index < -0.39 is 0 Å². The highest BCUT2D eigenvalue weighted by molar-refractivity contribution is 7.98. The summed E-state index contributed by atoms with van der Waals surface area (Å²) in [5, 5.41) is 15.1. The summed E-state index contributed by atoms with van der Waals surface area (Å²) in [5.41, 5.74) is 7.33. The minimum absolute atomic E-state index is 0.0125. The maximum absolute atomic E-state index is 9.72. The zero-order valence-corrected chi connectivity index (χ0v) is 18.6. The summed E-state index contributed by atoms with van der Waals surface area (Å²) < 4.78 is 0.782. The number of aromatic nitrogens is 3. The second kappa shape index (κ2) is 9.45. The van der Waals surface area contributed by atoms with Gasteiger partial charge in [-0.05, 0) is 24.0 Å². The molecule has 2 heterocycles. The molecule has 1 atom stereocenters. The highest BCUT2D eigenvalue weighted by atomic mass is 35.5. The molecule has 0 aliphatic carbocycles. The van der Waals surface area contributed by atoms with Crippen LogP contribution in [0.2, 0.25) is 10.0 Å². The van der Waals surface area contributed by atoms with Crippen molar-refractivity contribution in [1.29, 1.82) is 0 Å². The van der Waals surface area contributed by atoms with Gasteiger partial charge in [0.1, 0.15) is 4.70 Å². The molecule has 6 nitrogen and oxygen atoms in total. The number of thioether (sulfide) groups is 1. The van der Waals surface area contributed by atoms with Crippen molar-refractivity contribution in [1.82, 2.24) is 15.0 Å². The molecule has 0 amide bonds. The number of aliphatic hydroxyl groups excluding tert-OH is 1. The summed E-state index contributed by atoms with van der Waals surface area (Å²) in [6.07, 6.45) is 0.816. The van der Waals surface area contributed by atoms with Crippen molar-refractivity contribution >= 4 is 67.6 Å². The van der Waals surface area contributed by atoms with Gasteiger partial charge in [-0.1, -0.05) is 72.3 Å². The van der Waals surface area contributed by atoms with Crippen LogP contribution in [0.15, 0.2) is 23.4 Å². The summed E-state index contributed by atoms with van der Waals surface area (Å²) in [5.74, 6) is 1.64. The molecular weight excluding hydrogens is 437 g/mol. The maximum Gasteiger partial charge on any atom is 0.191 e. The normalized spacial score (nSPS) is 12.6. The van der Waals surface area contributed by atoms with Crippen molar-refractivity contribution in [3.05, 3.63) is 33.8 Å². The minimum atomic E-state index is -0.110. The second-order valence-corrected chi connectivity index (χ2v) is 9.47. The molecule has 0 saturated carbocycles. The number of nitrogens with two attached hydrogens (primary N) is 1. The number of nitrogens with zero attached hydrogens (tertiary/aromatic N) is 3. The van der Waals surface area contributed by atoms with Gasteiger partial charge in [0.05, 0.1) is 22.7 Å². The van der Waals surface area contributed by atoms with Crippen molar-refractivity contribution in [3.8, 4) is 0 Å². The Morgan fingerprint density at radius 3 is 2.75 bits per heavy atom. The van der Waals surface area contributed by atoms with Gasteiger partial charge in [0.15, 0.2) is 21.8 Å². The Balaban J connectivity index is 1.87. The van der Waals surface area contributed by atoms with E-state index in [1.807, 2.05) is 12.1 Å². The number of halogens is 2. The van der Waals surface area contributed by atoms with E-state index in [1.165, 1.54) is 23.1 Å². The second-order valence-electron chi connectivity index (χ2n) is 6.71. The van der Waals surface area contributed by atoms with Crippen LogP contribution in [0.25, 0.3) is 10.3 Å². The van der Waals surface area contributed by atoms with Gasteiger partial charge in [-0.25, -0.2) is 15.0 Å². The largest absolute Gasteiger partial charge is 0.394 e. The number of aliphatic hydroxyl groups is 1. The SMILES string of the molecule is CC(C)CC(CO)Nc1nc(SCc2cccc(Cl)c2Cl)nc2nc(N)sc12. The first-order valence-electron chi connectivity index (χ1n) is 8.74. The van der Waals surface area contributed by atoms with Gasteiger partial charge in [0, 0.05) is 5.75 Å². The Morgan fingerprint density at radius 1 is 1.25 bits per heavy atom. The summed E-state index contributed by atoms with van der Waals surface area (Å²) in [6.45, 7) is 4.24. The molecule has 0 aliphatic heterocycles. The Hall–Kier alpha value is -1.32. The zero-order chi connectivity index (χ0) is 20.3. The molecule has 1 aromatic carbocycles. The Kier molecular flexibility index (Phi) is 7.22. The average molecular weight is 458 g/mol. The lowest BCUT2D eigenvalue weighted by atomic mass is 10.0. The minimum Gasteiger partial charge on any atom is -0.394 e. The first-order chi connectivity index (χ1) is 13.4. The molecule has 0 radical (unpaired) electrons. The van der Waals surface area contributed by atoms with E-state index in [4.69, 9.17) is 28.9 Å². The van der Waals surface area contributed by atoms with Crippen LogP contribution >= 0.6 is 46.3 Å². The maximum atomic E-state index is 9.72. The van der Waals surface area contributed by atoms with E-state index >= 15 is 0 Å². The van der Waals surface area contributed by atoms with Crippen LogP contribution in [0.3, 0.4) is 0 Å². The Bertz CT molecular complexity index is 967. The molecule has 150 valence electrons. The van der Waals surface area contributed by atoms with E-state index in [-0.39, 0.29) is 12.6 Å². The van der Waals surface area contributed by atoms with Crippen LogP contribution in [0, 0.1) is 5.92 Å². The molecule has 3 rings (SSSR count). The zero-order valence-electron chi connectivity index (χ0n) is 15.4. The monoisotopic (exact) mass is 457 g/mol. The smallest absolute Gasteiger partial charge is 0.191 e. The van der Waals surface area contributed by atoms with Gasteiger partial charge < -0.3 is 16.2 Å². The van der Waals surface area contributed by atoms with Crippen LogP contribution in [-0.4, -0.2) is 32.7 Å². The van der Waals surface area contributed by atoms with Gasteiger partial charge in [-0.3, -0.25) is 0 Å². The molecule has 0 aliphatic rings. The van der Waals surface area contributed by atoms with Gasteiger partial charge in [-0.2, -0.15) is 0 Å². The van der Waals surface area contributed by atoms with Crippen molar-refractivity contribution in [2.45, 2.75) is 37.2 Å². The van der Waals surface area contributed by atoms with Gasteiger partial charge in [0.25, 0.3) is 0 Å². The topological polar surface area (TPSA) is 97.0 Å². The number of anilines is 2. The molecule has 1 unspecified atom stereocenters. The van der Waals surface area contributed by atoms with Crippen LogP contribution in [0.1, 0.15) is 25.8 Å². The highest BCUT2D eigenvalue weighted by Crippen LogP contribution is 2.34. The van der Waals surface area contributed by atoms with Crippen molar-refractivity contribution in [3.63, 3.8) is 0 Å². The molecule has 4 N–H and O–H groups in total. The van der Waals surface area contributed by atoms with E-state index in [0.29, 0.717) is 43.5 Å². The van der Waals surface area contributed by atoms with E-state index in [0.717, 1.165) is 16.7 Å². The Labute approximate surface area is 181 Å². The molecule has 0 bridgehead atoms. The fraction of sp³-hybridized carbons (Fsp3) is 0.389. The molecule has 2 aromatic heterocycles. The average Bonchev–Trinajstić information content (AvgIpc) is 3.02. The third-order valence-corrected chi connectivity index (χ3v) is 6.59. The number of nitrogens with one attached hydrogen (secondary N) is 1. The van der Waals surface area contributed by atoms with Crippen LogP contribution in [-0.2, 0) is 5.75 Å². The molecule has 28 heavy (non-hydrogen) atoms. The molecular formula is C18H21Cl2N5OS2. The number of hydrogen-bond donors (Lipinski definition) is 3. The van der Waals surface area contributed by atoms with E-state index in [1.54, 1.807) is 6.07 Å².